The summed E-state index contributed by atoms with van der Waals surface area (Å²) < 4.78 is 14.8. The van der Waals surface area contributed by atoms with E-state index in [4.69, 9.17) is 0 Å². The predicted octanol–water partition coefficient (Wildman–Crippen LogP) is 1.49. The highest BCUT2D eigenvalue weighted by Gasteiger charge is 2.17. The molecule has 0 aliphatic heterocycles. The van der Waals surface area contributed by atoms with E-state index in [0.29, 0.717) is 5.69 Å². The van der Waals surface area contributed by atoms with Gasteiger partial charge in [-0.2, -0.15) is 5.10 Å². The summed E-state index contributed by atoms with van der Waals surface area (Å²) >= 11 is 0. The maximum atomic E-state index is 13.4. The fourth-order valence-corrected chi connectivity index (χ4v) is 1.52. The van der Waals surface area contributed by atoms with Gasteiger partial charge in [0, 0.05) is 13.2 Å². The molecule has 2 aromatic heterocycles. The van der Waals surface area contributed by atoms with Crippen LogP contribution in [0, 0.1) is 12.7 Å². The maximum Gasteiger partial charge on any atom is 0.214 e. The van der Waals surface area contributed by atoms with E-state index in [1.807, 2.05) is 0 Å². The molecule has 0 radical (unpaired) electrons. The van der Waals surface area contributed by atoms with Gasteiger partial charge in [-0.15, -0.1) is 0 Å². The number of aromatic nitrogens is 3. The number of carbonyl (C=O) groups is 1. The van der Waals surface area contributed by atoms with Gasteiger partial charge in [0.15, 0.2) is 5.82 Å². The van der Waals surface area contributed by atoms with Gasteiger partial charge in [-0.05, 0) is 19.1 Å². The van der Waals surface area contributed by atoms with Crippen LogP contribution in [0.5, 0.6) is 0 Å². The van der Waals surface area contributed by atoms with E-state index in [1.54, 1.807) is 20.0 Å². The van der Waals surface area contributed by atoms with Crippen LogP contribution in [-0.2, 0) is 7.05 Å². The normalized spacial score (nSPS) is 10.4. The van der Waals surface area contributed by atoms with Crippen LogP contribution < -0.4 is 0 Å². The number of halogens is 1. The van der Waals surface area contributed by atoms with E-state index < -0.39 is 5.82 Å². The summed E-state index contributed by atoms with van der Waals surface area (Å²) in [5.41, 5.74) is 1.10. The van der Waals surface area contributed by atoms with Gasteiger partial charge in [0.25, 0.3) is 0 Å². The number of pyridine rings is 1. The summed E-state index contributed by atoms with van der Waals surface area (Å²) in [6.07, 6.45) is 2.41. The van der Waals surface area contributed by atoms with E-state index in [1.165, 1.54) is 16.9 Å². The van der Waals surface area contributed by atoms with Crippen molar-refractivity contribution in [2.24, 2.45) is 7.05 Å². The summed E-state index contributed by atoms with van der Waals surface area (Å²) in [4.78, 5) is 15.6. The predicted molar refractivity (Wildman–Crippen MR) is 55.6 cm³/mol. The third kappa shape index (κ3) is 1.71. The zero-order chi connectivity index (χ0) is 11.7. The molecule has 0 aliphatic rings. The van der Waals surface area contributed by atoms with E-state index >= 15 is 0 Å². The standard InChI is InChI=1S/C11H10FN3O/c1-7-5-10(15(2)14-7)11(16)8-3-4-13-6-9(8)12/h3-6H,1-2H3. The molecule has 0 amide bonds. The number of ketones is 1. The number of aryl methyl sites for hydroxylation is 2. The average molecular weight is 219 g/mol. The van der Waals surface area contributed by atoms with Gasteiger partial charge in [0.05, 0.1) is 17.5 Å². The Hall–Kier alpha value is -2.04. The topological polar surface area (TPSA) is 47.8 Å². The highest BCUT2D eigenvalue weighted by atomic mass is 19.1. The Balaban J connectivity index is 2.47. The largest absolute Gasteiger partial charge is 0.287 e. The van der Waals surface area contributed by atoms with Gasteiger partial charge < -0.3 is 0 Å². The quantitative estimate of drug-likeness (QED) is 0.719. The lowest BCUT2D eigenvalue weighted by molar-refractivity contribution is 0.102. The number of hydrogen-bond acceptors (Lipinski definition) is 3. The fourth-order valence-electron chi connectivity index (χ4n) is 1.52. The van der Waals surface area contributed by atoms with Crippen LogP contribution in [0.3, 0.4) is 0 Å². The summed E-state index contributed by atoms with van der Waals surface area (Å²) in [7, 11) is 1.65. The highest BCUT2D eigenvalue weighted by molar-refractivity contribution is 6.08. The molecule has 4 nitrogen and oxygen atoms in total. The fraction of sp³-hybridized carbons (Fsp3) is 0.182. The van der Waals surface area contributed by atoms with Crippen LogP contribution in [0.15, 0.2) is 24.5 Å². The monoisotopic (exact) mass is 219 g/mol. The van der Waals surface area contributed by atoms with E-state index in [9.17, 15) is 9.18 Å². The van der Waals surface area contributed by atoms with Crippen molar-refractivity contribution >= 4 is 5.78 Å². The van der Waals surface area contributed by atoms with Gasteiger partial charge in [-0.1, -0.05) is 0 Å². The number of carbonyl (C=O) groups excluding carboxylic acids is 1. The first-order chi connectivity index (χ1) is 7.59. The molecule has 5 heteroatoms. The Morgan fingerprint density at radius 2 is 2.25 bits per heavy atom. The maximum absolute atomic E-state index is 13.4. The molecule has 2 aromatic rings. The van der Waals surface area contributed by atoms with Crippen molar-refractivity contribution in [1.29, 1.82) is 0 Å². The number of nitrogens with zero attached hydrogens (tertiary/aromatic N) is 3. The summed E-state index contributed by atoms with van der Waals surface area (Å²) in [6.45, 7) is 1.78. The molecule has 0 atom stereocenters. The minimum absolute atomic E-state index is 0.0120. The third-order valence-electron chi connectivity index (χ3n) is 2.25. The van der Waals surface area contributed by atoms with Crippen LogP contribution >= 0.6 is 0 Å². The minimum Gasteiger partial charge on any atom is -0.287 e. The highest BCUT2D eigenvalue weighted by Crippen LogP contribution is 2.12. The van der Waals surface area contributed by atoms with Crippen LogP contribution in [-0.4, -0.2) is 20.5 Å². The van der Waals surface area contributed by atoms with Crippen molar-refractivity contribution in [3.05, 3.63) is 47.3 Å². The summed E-state index contributed by atoms with van der Waals surface area (Å²) in [6, 6.07) is 2.99. The Morgan fingerprint density at radius 1 is 1.50 bits per heavy atom. The molecule has 2 heterocycles. The van der Waals surface area contributed by atoms with Gasteiger partial charge in [-0.3, -0.25) is 14.5 Å². The molecule has 0 fully saturated rings. The van der Waals surface area contributed by atoms with Gasteiger partial charge in [0.2, 0.25) is 5.78 Å². The molecule has 0 saturated carbocycles. The minimum atomic E-state index is -0.619. The molecule has 0 unspecified atom stereocenters. The Kier molecular flexibility index (Phi) is 2.52. The smallest absolute Gasteiger partial charge is 0.214 e. The van der Waals surface area contributed by atoms with E-state index in [2.05, 4.69) is 10.1 Å². The van der Waals surface area contributed by atoms with E-state index in [-0.39, 0.29) is 11.3 Å². The average Bonchev–Trinajstić information content (AvgIpc) is 2.58. The van der Waals surface area contributed by atoms with Crippen molar-refractivity contribution in [3.8, 4) is 0 Å². The molecule has 0 spiro atoms. The zero-order valence-electron chi connectivity index (χ0n) is 8.94. The van der Waals surface area contributed by atoms with Gasteiger partial charge in [-0.25, -0.2) is 4.39 Å². The number of hydrogen-bond donors (Lipinski definition) is 0. The van der Waals surface area contributed by atoms with Crippen LogP contribution in [0.4, 0.5) is 4.39 Å². The molecule has 2 rings (SSSR count). The first-order valence-corrected chi connectivity index (χ1v) is 4.74. The van der Waals surface area contributed by atoms with Gasteiger partial charge in [0.1, 0.15) is 5.69 Å². The number of rotatable bonds is 2. The molecule has 0 aliphatic carbocycles. The van der Waals surface area contributed by atoms with Crippen LogP contribution in [0.1, 0.15) is 21.7 Å². The lowest BCUT2D eigenvalue weighted by atomic mass is 10.1. The second-order valence-corrected chi connectivity index (χ2v) is 3.48. The van der Waals surface area contributed by atoms with Crippen molar-refractivity contribution in [1.82, 2.24) is 14.8 Å². The van der Waals surface area contributed by atoms with Gasteiger partial charge >= 0.3 is 0 Å². The van der Waals surface area contributed by atoms with Crippen LogP contribution in [0.25, 0.3) is 0 Å². The molecule has 0 N–H and O–H groups in total. The molecular formula is C11H10FN3O. The van der Waals surface area contributed by atoms with Crippen molar-refractivity contribution in [3.63, 3.8) is 0 Å². The molecule has 82 valence electrons. The lowest BCUT2D eigenvalue weighted by Gasteiger charge is -2.01. The third-order valence-corrected chi connectivity index (χ3v) is 2.25. The summed E-state index contributed by atoms with van der Waals surface area (Å²) in [5.74, 6) is -1.01. The molecule has 16 heavy (non-hydrogen) atoms. The lowest BCUT2D eigenvalue weighted by Crippen LogP contribution is -2.10. The summed E-state index contributed by atoms with van der Waals surface area (Å²) in [5, 5.41) is 4.05. The molecule has 0 aromatic carbocycles. The Bertz CT molecular complexity index is 548. The second-order valence-electron chi connectivity index (χ2n) is 3.48. The zero-order valence-corrected chi connectivity index (χ0v) is 8.94. The molecule has 0 saturated heterocycles. The van der Waals surface area contributed by atoms with Crippen molar-refractivity contribution in [2.75, 3.05) is 0 Å². The first kappa shape index (κ1) is 10.5. The second kappa shape index (κ2) is 3.84. The van der Waals surface area contributed by atoms with Crippen molar-refractivity contribution < 1.29 is 9.18 Å². The van der Waals surface area contributed by atoms with Crippen LogP contribution in [0.2, 0.25) is 0 Å². The Labute approximate surface area is 91.7 Å². The SMILES string of the molecule is Cc1cc(C(=O)c2ccncc2F)n(C)n1. The molecular weight excluding hydrogens is 209 g/mol. The van der Waals surface area contributed by atoms with Crippen molar-refractivity contribution in [2.45, 2.75) is 6.92 Å². The first-order valence-electron chi connectivity index (χ1n) is 4.74. The van der Waals surface area contributed by atoms with E-state index in [0.717, 1.165) is 11.9 Å². The molecule has 0 bridgehead atoms. The Morgan fingerprint density at radius 3 is 2.81 bits per heavy atom.